The van der Waals surface area contributed by atoms with Gasteiger partial charge in [-0.3, -0.25) is 4.79 Å². The second kappa shape index (κ2) is 12.2. The van der Waals surface area contributed by atoms with Crippen molar-refractivity contribution >= 4 is 17.2 Å². The van der Waals surface area contributed by atoms with Crippen molar-refractivity contribution in [2.24, 2.45) is 0 Å². The molecule has 0 saturated heterocycles. The maximum atomic E-state index is 12.8. The average molecular weight is 443 g/mol. The summed E-state index contributed by atoms with van der Waals surface area (Å²) in [5.41, 5.74) is 3.04. The van der Waals surface area contributed by atoms with Crippen LogP contribution in [0.2, 0.25) is 0 Å². The normalized spacial score (nSPS) is 10.8. The van der Waals surface area contributed by atoms with Gasteiger partial charge >= 0.3 is 0 Å². The molecule has 1 amide bonds. The molecule has 31 heavy (non-hydrogen) atoms. The number of unbranched alkanes of at least 4 members (excludes halogenated alkanes) is 2. The average Bonchev–Trinajstić information content (AvgIpc) is 3.26. The van der Waals surface area contributed by atoms with Gasteiger partial charge in [0, 0.05) is 17.5 Å². The number of thiazole rings is 1. The van der Waals surface area contributed by atoms with E-state index >= 15 is 0 Å². The zero-order chi connectivity index (χ0) is 21.9. The lowest BCUT2D eigenvalue weighted by atomic mass is 10.1. The van der Waals surface area contributed by atoms with E-state index in [4.69, 9.17) is 14.5 Å². The van der Waals surface area contributed by atoms with Crippen molar-refractivity contribution in [3.8, 4) is 16.3 Å². The summed E-state index contributed by atoms with van der Waals surface area (Å²) in [5, 5.41) is 5.99. The van der Waals surface area contributed by atoms with Crippen LogP contribution in [0.1, 0.15) is 30.5 Å². The molecular formula is C24H27FN2O3S. The quantitative estimate of drug-likeness (QED) is 0.401. The molecule has 5 nitrogen and oxygen atoms in total. The minimum Gasteiger partial charge on any atom is -0.497 e. The molecule has 0 aliphatic heterocycles. The summed E-state index contributed by atoms with van der Waals surface area (Å²) >= 11 is 1.65. The molecule has 0 spiro atoms. The molecule has 0 bridgehead atoms. The van der Waals surface area contributed by atoms with Gasteiger partial charge in [-0.25, -0.2) is 9.37 Å². The SMILES string of the molecule is COc1ccc(-c2nc(CCCCCNC(=O)COCc3ccc(F)cc3)cs2)cc1. The predicted octanol–water partition coefficient (Wildman–Crippen LogP) is 5.00. The van der Waals surface area contributed by atoms with Crippen molar-refractivity contribution in [2.75, 3.05) is 20.3 Å². The van der Waals surface area contributed by atoms with Crippen LogP contribution in [-0.2, 0) is 22.6 Å². The van der Waals surface area contributed by atoms with E-state index in [0.717, 1.165) is 53.3 Å². The molecule has 0 atom stereocenters. The van der Waals surface area contributed by atoms with Crippen LogP contribution in [-0.4, -0.2) is 31.2 Å². The molecule has 2 aromatic carbocycles. The lowest BCUT2D eigenvalue weighted by molar-refractivity contribution is -0.126. The highest BCUT2D eigenvalue weighted by molar-refractivity contribution is 7.13. The number of hydrogen-bond acceptors (Lipinski definition) is 5. The second-order valence-electron chi connectivity index (χ2n) is 7.15. The number of halogens is 1. The Morgan fingerprint density at radius 3 is 2.58 bits per heavy atom. The smallest absolute Gasteiger partial charge is 0.246 e. The summed E-state index contributed by atoms with van der Waals surface area (Å²) in [7, 11) is 1.66. The molecule has 0 radical (unpaired) electrons. The van der Waals surface area contributed by atoms with Gasteiger partial charge in [0.25, 0.3) is 0 Å². The van der Waals surface area contributed by atoms with Gasteiger partial charge in [-0.1, -0.05) is 18.6 Å². The maximum Gasteiger partial charge on any atom is 0.246 e. The van der Waals surface area contributed by atoms with Crippen LogP contribution >= 0.6 is 11.3 Å². The third-order valence-corrected chi connectivity index (χ3v) is 5.68. The summed E-state index contributed by atoms with van der Waals surface area (Å²) < 4.78 is 23.4. The zero-order valence-corrected chi connectivity index (χ0v) is 18.4. The molecule has 1 aromatic heterocycles. The van der Waals surface area contributed by atoms with Gasteiger partial charge in [-0.15, -0.1) is 11.3 Å². The van der Waals surface area contributed by atoms with Crippen molar-refractivity contribution in [1.82, 2.24) is 10.3 Å². The Hall–Kier alpha value is -2.77. The predicted molar refractivity (Wildman–Crippen MR) is 121 cm³/mol. The summed E-state index contributed by atoms with van der Waals surface area (Å²) in [6.45, 7) is 0.928. The van der Waals surface area contributed by atoms with E-state index in [-0.39, 0.29) is 18.3 Å². The fourth-order valence-corrected chi connectivity index (χ4v) is 3.88. The summed E-state index contributed by atoms with van der Waals surface area (Å²) in [6.07, 6.45) is 3.90. The number of carbonyl (C=O) groups excluding carboxylic acids is 1. The van der Waals surface area contributed by atoms with Crippen LogP contribution in [0.15, 0.2) is 53.9 Å². The number of aryl methyl sites for hydroxylation is 1. The third-order valence-electron chi connectivity index (χ3n) is 4.74. The highest BCUT2D eigenvalue weighted by Gasteiger charge is 2.06. The van der Waals surface area contributed by atoms with Gasteiger partial charge in [0.15, 0.2) is 0 Å². The first-order valence-corrected chi connectivity index (χ1v) is 11.2. The number of ether oxygens (including phenoxy) is 2. The Morgan fingerprint density at radius 1 is 1.06 bits per heavy atom. The highest BCUT2D eigenvalue weighted by Crippen LogP contribution is 2.26. The van der Waals surface area contributed by atoms with Crippen LogP contribution in [0.5, 0.6) is 5.75 Å². The number of nitrogens with one attached hydrogen (secondary N) is 1. The molecule has 1 heterocycles. The van der Waals surface area contributed by atoms with Gasteiger partial charge in [-0.05, 0) is 61.2 Å². The van der Waals surface area contributed by atoms with E-state index in [1.54, 1.807) is 30.6 Å². The summed E-state index contributed by atoms with van der Waals surface area (Å²) in [6, 6.07) is 14.0. The Labute approximate surface area is 186 Å². The number of hydrogen-bond donors (Lipinski definition) is 1. The Balaban J connectivity index is 1.25. The molecule has 3 rings (SSSR count). The fourth-order valence-electron chi connectivity index (χ4n) is 3.02. The van der Waals surface area contributed by atoms with Crippen LogP contribution in [0.4, 0.5) is 4.39 Å². The maximum absolute atomic E-state index is 12.8. The Kier molecular flexibility index (Phi) is 8.99. The number of methoxy groups -OCH3 is 1. The van der Waals surface area contributed by atoms with Gasteiger partial charge in [0.2, 0.25) is 5.91 Å². The van der Waals surface area contributed by atoms with E-state index in [2.05, 4.69) is 10.7 Å². The Bertz CT molecular complexity index is 942. The number of carbonyl (C=O) groups is 1. The summed E-state index contributed by atoms with van der Waals surface area (Å²) in [5.74, 6) is 0.423. The zero-order valence-electron chi connectivity index (χ0n) is 17.6. The van der Waals surface area contributed by atoms with E-state index in [0.29, 0.717) is 13.2 Å². The Morgan fingerprint density at radius 2 is 1.84 bits per heavy atom. The second-order valence-corrected chi connectivity index (χ2v) is 8.01. The molecule has 164 valence electrons. The van der Waals surface area contributed by atoms with Crippen molar-refractivity contribution < 1.29 is 18.7 Å². The first kappa shape index (κ1) is 22.9. The molecular weight excluding hydrogens is 415 g/mol. The molecule has 0 aliphatic carbocycles. The topological polar surface area (TPSA) is 60.5 Å². The molecule has 0 aliphatic rings. The first-order valence-electron chi connectivity index (χ1n) is 10.3. The van der Waals surface area contributed by atoms with E-state index in [1.165, 1.54) is 12.1 Å². The number of rotatable bonds is 12. The number of amides is 1. The van der Waals surface area contributed by atoms with E-state index < -0.39 is 0 Å². The fraction of sp³-hybridized carbons (Fsp3) is 0.333. The monoisotopic (exact) mass is 442 g/mol. The number of benzene rings is 2. The van der Waals surface area contributed by atoms with E-state index in [9.17, 15) is 9.18 Å². The van der Waals surface area contributed by atoms with Gasteiger partial charge in [0.05, 0.1) is 19.4 Å². The third kappa shape index (κ3) is 7.77. The highest BCUT2D eigenvalue weighted by atomic mass is 32.1. The van der Waals surface area contributed by atoms with Crippen molar-refractivity contribution in [2.45, 2.75) is 32.3 Å². The van der Waals surface area contributed by atoms with Crippen molar-refractivity contribution in [3.05, 3.63) is 71.0 Å². The van der Waals surface area contributed by atoms with Gasteiger partial charge in [0.1, 0.15) is 23.2 Å². The van der Waals surface area contributed by atoms with E-state index in [1.807, 2.05) is 24.3 Å². The van der Waals surface area contributed by atoms with Crippen LogP contribution in [0.3, 0.4) is 0 Å². The standard InChI is InChI=1S/C24H27FN2O3S/c1-29-22-12-8-19(9-13-22)24-27-21(17-31-24)5-3-2-4-14-26-23(28)16-30-15-18-6-10-20(25)11-7-18/h6-13,17H,2-5,14-16H2,1H3,(H,26,28). The lowest BCUT2D eigenvalue weighted by Gasteiger charge is -2.06. The van der Waals surface area contributed by atoms with Crippen molar-refractivity contribution in [1.29, 1.82) is 0 Å². The molecule has 0 unspecified atom stereocenters. The lowest BCUT2D eigenvalue weighted by Crippen LogP contribution is -2.28. The first-order chi connectivity index (χ1) is 15.1. The molecule has 7 heteroatoms. The molecule has 3 aromatic rings. The largest absolute Gasteiger partial charge is 0.497 e. The van der Waals surface area contributed by atoms with Crippen LogP contribution in [0.25, 0.3) is 10.6 Å². The molecule has 1 N–H and O–H groups in total. The summed E-state index contributed by atoms with van der Waals surface area (Å²) in [4.78, 5) is 16.5. The minimum absolute atomic E-state index is 0.00430. The number of nitrogens with zero attached hydrogens (tertiary/aromatic N) is 1. The minimum atomic E-state index is -0.283. The van der Waals surface area contributed by atoms with Crippen LogP contribution < -0.4 is 10.1 Å². The van der Waals surface area contributed by atoms with Crippen LogP contribution in [0, 0.1) is 5.82 Å². The van der Waals surface area contributed by atoms with Gasteiger partial charge in [-0.2, -0.15) is 0 Å². The molecule has 0 fully saturated rings. The van der Waals surface area contributed by atoms with Crippen molar-refractivity contribution in [3.63, 3.8) is 0 Å². The molecule has 0 saturated carbocycles. The number of aromatic nitrogens is 1. The van der Waals surface area contributed by atoms with Gasteiger partial charge < -0.3 is 14.8 Å².